The van der Waals surface area contributed by atoms with E-state index in [4.69, 9.17) is 0 Å². The summed E-state index contributed by atoms with van der Waals surface area (Å²) in [4.78, 5) is 0. The van der Waals surface area contributed by atoms with Crippen molar-refractivity contribution in [2.45, 2.75) is 155 Å². The molecule has 0 saturated heterocycles. The van der Waals surface area contributed by atoms with Crippen molar-refractivity contribution < 1.29 is 42.9 Å². The van der Waals surface area contributed by atoms with Crippen molar-refractivity contribution in [2.24, 2.45) is 0 Å². The van der Waals surface area contributed by atoms with E-state index in [0.29, 0.717) is 0 Å². The quantitative estimate of drug-likeness (QED) is 0.0947. The maximum Gasteiger partial charge on any atom is 0.128 e. The number of rotatable bonds is 27. The first-order valence-corrected chi connectivity index (χ1v) is 16.0. The molecule has 0 bridgehead atoms. The molecule has 0 amide bonds. The van der Waals surface area contributed by atoms with Gasteiger partial charge >= 0.3 is 0 Å². The largest absolute Gasteiger partial charge is 1.00 e. The molecule has 0 spiro atoms. The number of hydrogen-bond donors (Lipinski definition) is 0. The van der Waals surface area contributed by atoms with Crippen LogP contribution in [-0.2, 0) is 0 Å². The first kappa shape index (κ1) is 41.4. The maximum absolute atomic E-state index is 2.46. The van der Waals surface area contributed by atoms with Crippen molar-refractivity contribution in [3.05, 3.63) is 0 Å². The second-order valence-corrected chi connectivity index (χ2v) is 12.8. The third kappa shape index (κ3) is 31.1. The second-order valence-electron chi connectivity index (χ2n) is 12.8. The van der Waals surface area contributed by atoms with Gasteiger partial charge in [0.15, 0.2) is 0 Å². The van der Waals surface area contributed by atoms with Gasteiger partial charge in [-0.15, -0.1) is 0 Å². The summed E-state index contributed by atoms with van der Waals surface area (Å²) in [5, 5.41) is 0. The van der Waals surface area contributed by atoms with Crippen LogP contribution in [0.3, 0.4) is 0 Å². The summed E-state index contributed by atoms with van der Waals surface area (Å²) in [5.41, 5.74) is 0. The lowest BCUT2D eigenvalue weighted by molar-refractivity contribution is -0.946. The summed E-state index contributed by atoms with van der Waals surface area (Å²) in [5.74, 6) is 0. The van der Waals surface area contributed by atoms with E-state index in [2.05, 4.69) is 42.0 Å². The molecule has 0 aromatic carbocycles. The third-order valence-corrected chi connectivity index (χ3v) is 8.04. The lowest BCUT2D eigenvalue weighted by Crippen LogP contribution is -3.00. The second kappa shape index (κ2) is 28.9. The van der Waals surface area contributed by atoms with Gasteiger partial charge in [0.2, 0.25) is 0 Å². The van der Waals surface area contributed by atoms with Crippen molar-refractivity contribution >= 4 is 0 Å². The summed E-state index contributed by atoms with van der Waals surface area (Å²) in [7, 11) is 9.83. The number of quaternary nitrogens is 2. The highest BCUT2D eigenvalue weighted by molar-refractivity contribution is 4.50. The van der Waals surface area contributed by atoms with Gasteiger partial charge in [0.05, 0.1) is 41.3 Å². The molecule has 0 fully saturated rings. The number of hydrogen-bond acceptors (Lipinski definition) is 0. The molecule has 4 heteroatoms. The van der Waals surface area contributed by atoms with Crippen LogP contribution in [0.1, 0.15) is 155 Å². The highest BCUT2D eigenvalue weighted by Gasteiger charge is 2.22. The van der Waals surface area contributed by atoms with Crippen LogP contribution in [-0.4, -0.2) is 63.3 Å². The fraction of sp³-hybridized carbons (Fsp3) is 1.00. The topological polar surface area (TPSA) is 0 Å². The predicted molar refractivity (Wildman–Crippen MR) is 157 cm³/mol. The van der Waals surface area contributed by atoms with Crippen LogP contribution in [0.5, 0.6) is 0 Å². The minimum absolute atomic E-state index is 0. The Balaban J connectivity index is -0.00000544. The van der Waals surface area contributed by atoms with Gasteiger partial charge in [-0.05, 0) is 25.7 Å². The molecule has 0 aromatic rings. The maximum atomic E-state index is 2.46. The average Bonchev–Trinajstić information content (AvgIpc) is 2.80. The van der Waals surface area contributed by atoms with Gasteiger partial charge in [0, 0.05) is 0 Å². The molecule has 0 unspecified atom stereocenters. The van der Waals surface area contributed by atoms with Crippen LogP contribution >= 0.6 is 0 Å². The zero-order valence-corrected chi connectivity index (χ0v) is 29.2. The van der Waals surface area contributed by atoms with Gasteiger partial charge in [0.1, 0.15) is 13.1 Å². The van der Waals surface area contributed by atoms with Gasteiger partial charge < -0.3 is 42.9 Å². The molecule has 0 rings (SSSR count). The number of unbranched alkanes of at least 4 members (excludes halogenated alkanes) is 20. The van der Waals surface area contributed by atoms with Gasteiger partial charge in [-0.1, -0.05) is 129 Å². The zero-order valence-electron chi connectivity index (χ0n) is 26.0. The van der Waals surface area contributed by atoms with Crippen molar-refractivity contribution in [1.29, 1.82) is 0 Å². The Morgan fingerprint density at radius 2 is 0.472 bits per heavy atom. The molecule has 0 aliphatic rings. The van der Waals surface area contributed by atoms with Gasteiger partial charge in [-0.3, -0.25) is 0 Å². The predicted octanol–water partition coefficient (Wildman–Crippen LogP) is 3.77. The van der Waals surface area contributed by atoms with Gasteiger partial charge in [-0.25, -0.2) is 0 Å². The molecule has 0 heterocycles. The molecule has 0 saturated carbocycles. The van der Waals surface area contributed by atoms with E-state index in [1.807, 2.05) is 0 Å². The van der Waals surface area contributed by atoms with Crippen LogP contribution in [0, 0.1) is 0 Å². The fourth-order valence-corrected chi connectivity index (χ4v) is 5.17. The van der Waals surface area contributed by atoms with Crippen LogP contribution in [0.15, 0.2) is 0 Å². The lowest BCUT2D eigenvalue weighted by atomic mass is 10.1. The summed E-state index contributed by atoms with van der Waals surface area (Å²) in [6.07, 6.45) is 31.8. The van der Waals surface area contributed by atoms with E-state index in [1.165, 1.54) is 176 Å². The standard InChI is InChI=1S/C32H70N2.2BrH/c1-7-9-11-13-15-17-19-20-22-24-26-28-30-34(5,6)32-31-33(3,4)29-27-25-23-21-18-16-14-12-10-8-2;;/h7-32H2,1-6H3;2*1H/q+2;;/p-2. The summed E-state index contributed by atoms with van der Waals surface area (Å²) < 4.78 is 2.41. The molecule has 0 N–H and O–H groups in total. The Kier molecular flexibility index (Phi) is 33.2. The first-order chi connectivity index (χ1) is 16.3. The molecule has 222 valence electrons. The van der Waals surface area contributed by atoms with Crippen LogP contribution < -0.4 is 34.0 Å². The summed E-state index contributed by atoms with van der Waals surface area (Å²) in [6.45, 7) is 9.97. The van der Waals surface area contributed by atoms with Crippen molar-refractivity contribution in [1.82, 2.24) is 0 Å². The van der Waals surface area contributed by atoms with Crippen LogP contribution in [0.25, 0.3) is 0 Å². The SMILES string of the molecule is CCCCCCCCCCCCCC[N+](C)(C)CC[N+](C)(C)CCCCCCCCCCCC.[Br-].[Br-]. The number of nitrogens with zero attached hydrogens (tertiary/aromatic N) is 2. The molecular weight excluding hydrogens is 572 g/mol. The highest BCUT2D eigenvalue weighted by atomic mass is 79.9. The van der Waals surface area contributed by atoms with E-state index < -0.39 is 0 Å². The normalized spacial score (nSPS) is 11.8. The lowest BCUT2D eigenvalue weighted by Gasteiger charge is -2.36. The van der Waals surface area contributed by atoms with Crippen LogP contribution in [0.4, 0.5) is 0 Å². The molecule has 36 heavy (non-hydrogen) atoms. The molecule has 2 nitrogen and oxygen atoms in total. The Labute approximate surface area is 251 Å². The van der Waals surface area contributed by atoms with Gasteiger partial charge in [-0.2, -0.15) is 0 Å². The van der Waals surface area contributed by atoms with E-state index in [1.54, 1.807) is 0 Å². The molecular formula is C32H70Br2N2. The van der Waals surface area contributed by atoms with Crippen LogP contribution in [0.2, 0.25) is 0 Å². The Morgan fingerprint density at radius 1 is 0.278 bits per heavy atom. The Bertz CT molecular complexity index is 413. The average molecular weight is 643 g/mol. The molecule has 0 atom stereocenters. The van der Waals surface area contributed by atoms with E-state index >= 15 is 0 Å². The van der Waals surface area contributed by atoms with Crippen molar-refractivity contribution in [3.8, 4) is 0 Å². The van der Waals surface area contributed by atoms with E-state index in [9.17, 15) is 0 Å². The zero-order chi connectivity index (χ0) is 25.4. The fourth-order valence-electron chi connectivity index (χ4n) is 5.17. The van der Waals surface area contributed by atoms with Crippen molar-refractivity contribution in [3.63, 3.8) is 0 Å². The monoisotopic (exact) mass is 640 g/mol. The van der Waals surface area contributed by atoms with Gasteiger partial charge in [0.25, 0.3) is 0 Å². The number of likely N-dealkylation sites (N-methyl/N-ethyl adjacent to an activating group) is 2. The van der Waals surface area contributed by atoms with E-state index in [0.717, 1.165) is 0 Å². The Morgan fingerprint density at radius 3 is 0.694 bits per heavy atom. The molecule has 0 radical (unpaired) electrons. The van der Waals surface area contributed by atoms with E-state index in [-0.39, 0.29) is 34.0 Å². The summed E-state index contributed by atoms with van der Waals surface area (Å²) >= 11 is 0. The third-order valence-electron chi connectivity index (χ3n) is 8.04. The minimum Gasteiger partial charge on any atom is -1.00 e. The first-order valence-electron chi connectivity index (χ1n) is 16.0. The Hall–Kier alpha value is 0.880. The van der Waals surface area contributed by atoms with Crippen molar-refractivity contribution in [2.75, 3.05) is 54.4 Å². The highest BCUT2D eigenvalue weighted by Crippen LogP contribution is 2.14. The molecule has 0 aliphatic carbocycles. The number of halogens is 2. The molecule has 0 aromatic heterocycles. The smallest absolute Gasteiger partial charge is 0.128 e. The minimum atomic E-state index is 0. The summed E-state index contributed by atoms with van der Waals surface area (Å²) in [6, 6.07) is 0. The molecule has 0 aliphatic heterocycles.